The first-order chi connectivity index (χ1) is 9.10. The second-order valence-electron chi connectivity index (χ2n) is 6.04. The normalized spacial score (nSPS) is 11.6. The Bertz CT molecular complexity index is 213. The van der Waals surface area contributed by atoms with Crippen LogP contribution in [0.5, 0.6) is 0 Å². The first-order valence-electron chi connectivity index (χ1n) is 8.39. The van der Waals surface area contributed by atoms with Gasteiger partial charge in [0.2, 0.25) is 5.91 Å². The molecule has 1 N–H and O–H groups in total. The lowest BCUT2D eigenvalue weighted by atomic mass is 9.79. The molecule has 19 heavy (non-hydrogen) atoms. The molecule has 0 aliphatic rings. The summed E-state index contributed by atoms with van der Waals surface area (Å²) in [7, 11) is 0. The lowest BCUT2D eigenvalue weighted by Gasteiger charge is -2.28. The molecule has 0 spiro atoms. The van der Waals surface area contributed by atoms with Crippen LogP contribution in [0.15, 0.2) is 0 Å². The quantitative estimate of drug-likeness (QED) is 0.492. The molecule has 0 aromatic rings. The fourth-order valence-corrected chi connectivity index (χ4v) is 2.61. The van der Waals surface area contributed by atoms with Gasteiger partial charge in [-0.15, -0.1) is 0 Å². The Morgan fingerprint density at radius 2 is 1.32 bits per heavy atom. The minimum atomic E-state index is -0.141. The number of amides is 1. The Morgan fingerprint density at radius 3 is 1.68 bits per heavy atom. The van der Waals surface area contributed by atoms with E-state index in [-0.39, 0.29) is 11.3 Å². The van der Waals surface area contributed by atoms with E-state index < -0.39 is 0 Å². The van der Waals surface area contributed by atoms with Crippen LogP contribution in [0, 0.1) is 5.41 Å². The minimum absolute atomic E-state index is 0.141. The standard InChI is InChI=1S/C17H35NO/c1-5-8-10-12-14-17(4,16(19)18-7-3)15-13-11-9-6-2/h5-15H2,1-4H3,(H,18,19). The second-order valence-corrected chi connectivity index (χ2v) is 6.04. The summed E-state index contributed by atoms with van der Waals surface area (Å²) < 4.78 is 0. The highest BCUT2D eigenvalue weighted by Crippen LogP contribution is 2.31. The Hall–Kier alpha value is -0.530. The van der Waals surface area contributed by atoms with Crippen LogP contribution in [0.4, 0.5) is 0 Å². The van der Waals surface area contributed by atoms with Crippen molar-refractivity contribution in [3.8, 4) is 0 Å². The molecule has 0 heterocycles. The molecule has 0 unspecified atom stereocenters. The summed E-state index contributed by atoms with van der Waals surface area (Å²) in [5, 5.41) is 3.03. The molecule has 0 atom stereocenters. The van der Waals surface area contributed by atoms with Crippen LogP contribution in [-0.2, 0) is 4.79 Å². The van der Waals surface area contributed by atoms with Gasteiger partial charge in [-0.3, -0.25) is 4.79 Å². The maximum atomic E-state index is 12.3. The van der Waals surface area contributed by atoms with Crippen molar-refractivity contribution >= 4 is 5.91 Å². The molecule has 2 heteroatoms. The third-order valence-electron chi connectivity index (χ3n) is 4.05. The van der Waals surface area contributed by atoms with Crippen LogP contribution in [0.1, 0.15) is 91.9 Å². The van der Waals surface area contributed by atoms with Crippen molar-refractivity contribution in [1.29, 1.82) is 0 Å². The Kier molecular flexibility index (Phi) is 11.0. The van der Waals surface area contributed by atoms with E-state index >= 15 is 0 Å². The lowest BCUT2D eigenvalue weighted by molar-refractivity contribution is -0.131. The number of hydrogen-bond donors (Lipinski definition) is 1. The van der Waals surface area contributed by atoms with E-state index in [1.54, 1.807) is 0 Å². The summed E-state index contributed by atoms with van der Waals surface area (Å²) in [5.41, 5.74) is -0.141. The summed E-state index contributed by atoms with van der Waals surface area (Å²) >= 11 is 0. The molecule has 0 rings (SSSR count). The first-order valence-corrected chi connectivity index (χ1v) is 8.39. The fraction of sp³-hybridized carbons (Fsp3) is 0.941. The third-order valence-corrected chi connectivity index (χ3v) is 4.05. The van der Waals surface area contributed by atoms with E-state index in [9.17, 15) is 4.79 Å². The Morgan fingerprint density at radius 1 is 0.842 bits per heavy atom. The molecule has 0 aromatic carbocycles. The third kappa shape index (κ3) is 8.28. The monoisotopic (exact) mass is 269 g/mol. The van der Waals surface area contributed by atoms with E-state index in [1.807, 2.05) is 6.92 Å². The highest BCUT2D eigenvalue weighted by molar-refractivity contribution is 5.82. The van der Waals surface area contributed by atoms with Crippen LogP contribution in [-0.4, -0.2) is 12.5 Å². The van der Waals surface area contributed by atoms with Gasteiger partial charge in [-0.05, 0) is 19.8 Å². The number of rotatable bonds is 12. The molecular formula is C17H35NO. The van der Waals surface area contributed by atoms with Crippen molar-refractivity contribution in [1.82, 2.24) is 5.32 Å². The molecule has 0 fully saturated rings. The molecule has 2 nitrogen and oxygen atoms in total. The molecule has 114 valence electrons. The molecule has 0 aliphatic heterocycles. The van der Waals surface area contributed by atoms with Crippen LogP contribution < -0.4 is 5.32 Å². The van der Waals surface area contributed by atoms with Crippen molar-refractivity contribution < 1.29 is 4.79 Å². The lowest BCUT2D eigenvalue weighted by Crippen LogP contribution is -2.39. The zero-order valence-electron chi connectivity index (χ0n) is 13.7. The summed E-state index contributed by atoms with van der Waals surface area (Å²) in [6, 6.07) is 0. The highest BCUT2D eigenvalue weighted by atomic mass is 16.2. The van der Waals surface area contributed by atoms with Gasteiger partial charge in [-0.2, -0.15) is 0 Å². The summed E-state index contributed by atoms with van der Waals surface area (Å²) in [6.45, 7) is 9.38. The van der Waals surface area contributed by atoms with Crippen molar-refractivity contribution in [3.05, 3.63) is 0 Å². The summed E-state index contributed by atoms with van der Waals surface area (Å²) in [4.78, 5) is 12.3. The molecule has 0 aliphatic carbocycles. The zero-order chi connectivity index (χ0) is 14.6. The number of carbonyl (C=O) groups excluding carboxylic acids is 1. The van der Waals surface area contributed by atoms with Gasteiger partial charge in [0.05, 0.1) is 0 Å². The smallest absolute Gasteiger partial charge is 0.225 e. The van der Waals surface area contributed by atoms with E-state index in [0.29, 0.717) is 0 Å². The van der Waals surface area contributed by atoms with E-state index in [2.05, 4.69) is 26.1 Å². The minimum Gasteiger partial charge on any atom is -0.356 e. The van der Waals surface area contributed by atoms with E-state index in [0.717, 1.165) is 19.4 Å². The van der Waals surface area contributed by atoms with Crippen LogP contribution >= 0.6 is 0 Å². The van der Waals surface area contributed by atoms with Crippen molar-refractivity contribution in [3.63, 3.8) is 0 Å². The van der Waals surface area contributed by atoms with Crippen molar-refractivity contribution in [2.45, 2.75) is 91.9 Å². The number of nitrogens with one attached hydrogen (secondary N) is 1. The van der Waals surface area contributed by atoms with Crippen molar-refractivity contribution in [2.24, 2.45) is 5.41 Å². The average Bonchev–Trinajstić information content (AvgIpc) is 2.40. The van der Waals surface area contributed by atoms with E-state index in [4.69, 9.17) is 0 Å². The van der Waals surface area contributed by atoms with Crippen molar-refractivity contribution in [2.75, 3.05) is 6.54 Å². The molecule has 0 aromatic heterocycles. The fourth-order valence-electron chi connectivity index (χ4n) is 2.61. The van der Waals surface area contributed by atoms with Gasteiger partial charge in [0.25, 0.3) is 0 Å². The average molecular weight is 269 g/mol. The Balaban J connectivity index is 4.23. The number of carbonyl (C=O) groups is 1. The topological polar surface area (TPSA) is 29.1 Å². The maximum absolute atomic E-state index is 12.3. The second kappa shape index (κ2) is 11.3. The zero-order valence-corrected chi connectivity index (χ0v) is 13.7. The van der Waals surface area contributed by atoms with Gasteiger partial charge < -0.3 is 5.32 Å². The number of unbranched alkanes of at least 4 members (excludes halogenated alkanes) is 6. The summed E-state index contributed by atoms with van der Waals surface area (Å²) in [5.74, 6) is 0.267. The summed E-state index contributed by atoms with van der Waals surface area (Å²) in [6.07, 6.45) is 12.1. The maximum Gasteiger partial charge on any atom is 0.225 e. The molecule has 0 radical (unpaired) electrons. The number of hydrogen-bond acceptors (Lipinski definition) is 1. The van der Waals surface area contributed by atoms with Gasteiger partial charge in [0.1, 0.15) is 0 Å². The molecule has 0 saturated carbocycles. The van der Waals surface area contributed by atoms with Crippen LogP contribution in [0.2, 0.25) is 0 Å². The molecule has 0 saturated heterocycles. The van der Waals surface area contributed by atoms with Crippen LogP contribution in [0.25, 0.3) is 0 Å². The first kappa shape index (κ1) is 18.5. The predicted molar refractivity (Wildman–Crippen MR) is 84.3 cm³/mol. The van der Waals surface area contributed by atoms with Gasteiger partial charge in [-0.25, -0.2) is 0 Å². The molecular weight excluding hydrogens is 234 g/mol. The predicted octanol–water partition coefficient (Wildman–Crippen LogP) is 5.07. The van der Waals surface area contributed by atoms with Gasteiger partial charge in [0, 0.05) is 12.0 Å². The van der Waals surface area contributed by atoms with Gasteiger partial charge in [-0.1, -0.05) is 72.1 Å². The SMILES string of the molecule is CCCCCCC(C)(CCCCCC)C(=O)NCC. The molecule has 0 bridgehead atoms. The Labute approximate surface area is 120 Å². The van der Waals surface area contributed by atoms with E-state index in [1.165, 1.54) is 51.4 Å². The highest BCUT2D eigenvalue weighted by Gasteiger charge is 2.31. The largest absolute Gasteiger partial charge is 0.356 e. The van der Waals surface area contributed by atoms with Gasteiger partial charge in [0.15, 0.2) is 0 Å². The van der Waals surface area contributed by atoms with Gasteiger partial charge >= 0.3 is 0 Å². The molecule has 1 amide bonds. The van der Waals surface area contributed by atoms with Crippen LogP contribution in [0.3, 0.4) is 0 Å².